The van der Waals surface area contributed by atoms with Crippen molar-refractivity contribution in [1.29, 1.82) is 0 Å². The summed E-state index contributed by atoms with van der Waals surface area (Å²) in [4.78, 5) is 25.9. The summed E-state index contributed by atoms with van der Waals surface area (Å²) in [6.45, 7) is 3.49. The van der Waals surface area contributed by atoms with Gasteiger partial charge in [0.25, 0.3) is 0 Å². The first-order valence-electron chi connectivity index (χ1n) is 12.6. The third kappa shape index (κ3) is 3.48. The van der Waals surface area contributed by atoms with Crippen LogP contribution < -0.4 is 18.9 Å². The van der Waals surface area contributed by atoms with E-state index >= 15 is 0 Å². The van der Waals surface area contributed by atoms with Crippen LogP contribution >= 0.6 is 0 Å². The maximum atomic E-state index is 13.0. The second-order valence-electron chi connectivity index (χ2n) is 10.1. The van der Waals surface area contributed by atoms with Gasteiger partial charge in [-0.15, -0.1) is 0 Å². The second kappa shape index (κ2) is 8.84. The molecule has 0 saturated carbocycles. The Morgan fingerprint density at radius 1 is 0.625 bits per heavy atom. The number of hydrogen-bond donors (Lipinski definition) is 4. The summed E-state index contributed by atoms with van der Waals surface area (Å²) < 4.78 is 23.1. The predicted octanol–water partition coefficient (Wildman–Crippen LogP) is 5.21. The molecule has 40 heavy (non-hydrogen) atoms. The van der Waals surface area contributed by atoms with Gasteiger partial charge in [0.05, 0.1) is 25.0 Å². The quantitative estimate of drug-likeness (QED) is 0.270. The van der Waals surface area contributed by atoms with Crippen molar-refractivity contribution in [3.8, 4) is 57.1 Å². The summed E-state index contributed by atoms with van der Waals surface area (Å²) >= 11 is 0. The van der Waals surface area contributed by atoms with Crippen LogP contribution in [-0.2, 0) is 0 Å². The van der Waals surface area contributed by atoms with E-state index in [2.05, 4.69) is 0 Å². The molecule has 4 aromatic rings. The zero-order valence-corrected chi connectivity index (χ0v) is 22.1. The zero-order valence-electron chi connectivity index (χ0n) is 22.1. The van der Waals surface area contributed by atoms with Crippen LogP contribution in [0.15, 0.2) is 24.3 Å². The van der Waals surface area contributed by atoms with Gasteiger partial charge < -0.3 is 39.4 Å². The number of benzene rings is 4. The predicted molar refractivity (Wildman–Crippen MR) is 145 cm³/mol. The number of ether oxygens (including phenoxy) is 4. The lowest BCUT2D eigenvalue weighted by molar-refractivity contribution is 0.0856. The van der Waals surface area contributed by atoms with Gasteiger partial charge in [0.15, 0.2) is 11.6 Å². The first-order chi connectivity index (χ1) is 19.0. The highest BCUT2D eigenvalue weighted by Gasteiger charge is 2.34. The van der Waals surface area contributed by atoms with Crippen molar-refractivity contribution in [3.05, 3.63) is 35.4 Å². The molecule has 2 heterocycles. The molecule has 2 unspecified atom stereocenters. The highest BCUT2D eigenvalue weighted by Crippen LogP contribution is 2.55. The highest BCUT2D eigenvalue weighted by molar-refractivity contribution is 6.19. The largest absolute Gasteiger partial charge is 0.507 e. The standard InChI is InChI=1S/C30H26O10/c1-11-5-15(31)27-21(39-11)7-13-23(17(33)9-19(35)25(13)29(27)37-3)24-14-8-22-28(16(32)6-12(2)40-22)30(38-4)26(14)20(36)10-18(24)34/h7-12,33-36H,5-6H2,1-4H3. The van der Waals surface area contributed by atoms with Crippen molar-refractivity contribution in [1.82, 2.24) is 0 Å². The Morgan fingerprint density at radius 2 is 1.00 bits per heavy atom. The molecule has 4 N–H and O–H groups in total. The van der Waals surface area contributed by atoms with Gasteiger partial charge in [-0.3, -0.25) is 9.59 Å². The average Bonchev–Trinajstić information content (AvgIpc) is 2.87. The fraction of sp³-hybridized carbons (Fsp3) is 0.267. The topological polar surface area (TPSA) is 152 Å². The second-order valence-corrected chi connectivity index (χ2v) is 10.1. The lowest BCUT2D eigenvalue weighted by atomic mass is 9.87. The first kappa shape index (κ1) is 25.4. The molecule has 6 rings (SSSR count). The molecule has 0 aliphatic carbocycles. The van der Waals surface area contributed by atoms with Gasteiger partial charge >= 0.3 is 0 Å². The number of Topliss-reactive ketones (excluding diaryl/α,β-unsaturated/α-hetero) is 2. The number of carbonyl (C=O) groups is 2. The van der Waals surface area contributed by atoms with Crippen LogP contribution in [0.25, 0.3) is 32.7 Å². The van der Waals surface area contributed by atoms with Crippen LogP contribution in [0.2, 0.25) is 0 Å². The highest BCUT2D eigenvalue weighted by atomic mass is 16.5. The molecule has 2 aliphatic rings. The van der Waals surface area contributed by atoms with Crippen LogP contribution in [0, 0.1) is 0 Å². The molecular formula is C30H26O10. The number of hydrogen-bond acceptors (Lipinski definition) is 10. The van der Waals surface area contributed by atoms with Crippen molar-refractivity contribution in [2.75, 3.05) is 14.2 Å². The molecule has 2 atom stereocenters. The van der Waals surface area contributed by atoms with Gasteiger partial charge in [-0.2, -0.15) is 0 Å². The number of phenols is 4. The van der Waals surface area contributed by atoms with E-state index in [1.165, 1.54) is 26.4 Å². The number of fused-ring (bicyclic) bond motifs is 4. The monoisotopic (exact) mass is 546 g/mol. The molecule has 0 saturated heterocycles. The Balaban J connectivity index is 1.80. The van der Waals surface area contributed by atoms with E-state index in [0.29, 0.717) is 0 Å². The van der Waals surface area contributed by atoms with Crippen LogP contribution in [-0.4, -0.2) is 58.4 Å². The summed E-state index contributed by atoms with van der Waals surface area (Å²) in [5, 5.41) is 44.9. The number of aromatic hydroxyl groups is 4. The average molecular weight is 547 g/mol. The Labute approximate surface area is 227 Å². The van der Waals surface area contributed by atoms with Crippen LogP contribution in [0.5, 0.6) is 46.0 Å². The normalized spacial score (nSPS) is 18.2. The van der Waals surface area contributed by atoms with Crippen molar-refractivity contribution >= 4 is 33.1 Å². The van der Waals surface area contributed by atoms with Crippen molar-refractivity contribution in [2.45, 2.75) is 38.9 Å². The number of phenolic OH excluding ortho intramolecular Hbond substituents is 4. The Morgan fingerprint density at radius 3 is 1.35 bits per heavy atom. The lowest BCUT2D eigenvalue weighted by Crippen LogP contribution is -2.24. The molecule has 0 spiro atoms. The molecule has 0 fully saturated rings. The van der Waals surface area contributed by atoms with Gasteiger partial charge in [0.2, 0.25) is 0 Å². The third-order valence-corrected chi connectivity index (χ3v) is 7.42. The molecule has 206 valence electrons. The minimum absolute atomic E-state index is 0.0582. The Bertz CT molecular complexity index is 1660. The molecule has 4 aromatic carbocycles. The van der Waals surface area contributed by atoms with E-state index in [4.69, 9.17) is 18.9 Å². The van der Waals surface area contributed by atoms with Crippen LogP contribution in [0.4, 0.5) is 0 Å². The molecule has 0 radical (unpaired) electrons. The van der Waals surface area contributed by atoms with E-state index < -0.39 is 23.7 Å². The lowest BCUT2D eigenvalue weighted by Gasteiger charge is -2.27. The van der Waals surface area contributed by atoms with E-state index in [0.717, 1.165) is 12.1 Å². The summed E-state index contributed by atoms with van der Waals surface area (Å²) in [7, 11) is 2.71. The summed E-state index contributed by atoms with van der Waals surface area (Å²) in [5.74, 6) is -1.49. The number of ketones is 2. The number of rotatable bonds is 3. The van der Waals surface area contributed by atoms with Crippen LogP contribution in [0.1, 0.15) is 47.4 Å². The molecule has 0 amide bonds. The van der Waals surface area contributed by atoms with Crippen molar-refractivity contribution in [2.24, 2.45) is 0 Å². The molecule has 10 nitrogen and oxygen atoms in total. The zero-order chi connectivity index (χ0) is 28.6. The SMILES string of the molecule is COc1c2c(cc3c(-c4c(O)cc(O)c5c(OC)c6c(cc45)OC(C)CC6=O)c(O)cc(O)c13)OC(C)CC2=O. The fourth-order valence-electron chi connectivity index (χ4n) is 5.89. The van der Waals surface area contributed by atoms with Crippen LogP contribution in [0.3, 0.4) is 0 Å². The van der Waals surface area contributed by atoms with E-state index in [-0.39, 0.29) is 103 Å². The molecular weight excluding hydrogens is 520 g/mol. The minimum atomic E-state index is -0.424. The van der Waals surface area contributed by atoms with Crippen molar-refractivity contribution in [3.63, 3.8) is 0 Å². The number of carbonyl (C=O) groups excluding carboxylic acids is 2. The summed E-state index contributed by atoms with van der Waals surface area (Å²) in [6.07, 6.45) is -0.614. The maximum absolute atomic E-state index is 13.0. The molecule has 2 aliphatic heterocycles. The van der Waals surface area contributed by atoms with Gasteiger partial charge in [0.1, 0.15) is 69.3 Å². The fourth-order valence-corrected chi connectivity index (χ4v) is 5.89. The van der Waals surface area contributed by atoms with Gasteiger partial charge in [-0.05, 0) is 26.0 Å². The summed E-state index contributed by atoms with van der Waals surface area (Å²) in [5.41, 5.74) is 0.443. The van der Waals surface area contributed by atoms with Gasteiger partial charge in [-0.25, -0.2) is 0 Å². The number of methoxy groups -OCH3 is 2. The summed E-state index contributed by atoms with van der Waals surface area (Å²) in [6, 6.07) is 5.18. The first-order valence-corrected chi connectivity index (χ1v) is 12.6. The minimum Gasteiger partial charge on any atom is -0.507 e. The molecule has 10 heteroatoms. The van der Waals surface area contributed by atoms with Crippen molar-refractivity contribution < 1.29 is 49.0 Å². The Hall–Kier alpha value is -4.86. The molecule has 0 bridgehead atoms. The smallest absolute Gasteiger partial charge is 0.174 e. The van der Waals surface area contributed by atoms with E-state index in [1.54, 1.807) is 13.8 Å². The molecule has 0 aromatic heterocycles. The third-order valence-electron chi connectivity index (χ3n) is 7.42. The van der Waals surface area contributed by atoms with E-state index in [9.17, 15) is 30.0 Å². The van der Waals surface area contributed by atoms with Gasteiger partial charge in [0, 0.05) is 46.9 Å². The van der Waals surface area contributed by atoms with E-state index in [1.807, 2.05) is 0 Å². The Kier molecular flexibility index (Phi) is 5.62. The van der Waals surface area contributed by atoms with Gasteiger partial charge in [-0.1, -0.05) is 0 Å². The maximum Gasteiger partial charge on any atom is 0.174 e.